The van der Waals surface area contributed by atoms with Crippen LogP contribution in [0.2, 0.25) is 0 Å². The Morgan fingerprint density at radius 1 is 0.917 bits per heavy atom. The number of piperidine rings is 1. The van der Waals surface area contributed by atoms with E-state index in [4.69, 9.17) is 0 Å². The molecule has 4 atom stereocenters. The van der Waals surface area contributed by atoms with Crippen LogP contribution in [0.25, 0.3) is 0 Å². The first-order chi connectivity index (χ1) is 11.7. The molecule has 0 amide bonds. The van der Waals surface area contributed by atoms with Crippen molar-refractivity contribution in [3.63, 3.8) is 0 Å². The predicted octanol–water partition coefficient (Wildman–Crippen LogP) is 5.39. The topological polar surface area (TPSA) is 3.24 Å². The van der Waals surface area contributed by atoms with Gasteiger partial charge in [0, 0.05) is 18.0 Å². The Hall–Kier alpha value is -1.60. The summed E-state index contributed by atoms with van der Waals surface area (Å²) in [6.07, 6.45) is 6.91. The molecule has 2 heterocycles. The van der Waals surface area contributed by atoms with Crippen molar-refractivity contribution in [2.75, 3.05) is 7.05 Å². The van der Waals surface area contributed by atoms with E-state index < -0.39 is 0 Å². The van der Waals surface area contributed by atoms with E-state index in [-0.39, 0.29) is 0 Å². The van der Waals surface area contributed by atoms with Crippen LogP contribution in [0.15, 0.2) is 54.6 Å². The van der Waals surface area contributed by atoms with E-state index in [1.807, 2.05) is 0 Å². The Kier molecular flexibility index (Phi) is 4.45. The summed E-state index contributed by atoms with van der Waals surface area (Å²) < 4.78 is 0. The minimum Gasteiger partial charge on any atom is -0.300 e. The van der Waals surface area contributed by atoms with E-state index in [0.29, 0.717) is 5.92 Å². The molecule has 2 unspecified atom stereocenters. The Morgan fingerprint density at radius 2 is 1.58 bits per heavy atom. The van der Waals surface area contributed by atoms with E-state index in [1.54, 1.807) is 0 Å². The highest BCUT2D eigenvalue weighted by atomic mass is 15.2. The average molecular weight is 319 g/mol. The summed E-state index contributed by atoms with van der Waals surface area (Å²) >= 11 is 0. The van der Waals surface area contributed by atoms with Crippen molar-refractivity contribution in [1.29, 1.82) is 0 Å². The molecule has 1 nitrogen and oxygen atoms in total. The molecule has 24 heavy (non-hydrogen) atoms. The monoisotopic (exact) mass is 319 g/mol. The van der Waals surface area contributed by atoms with E-state index in [0.717, 1.165) is 18.0 Å². The van der Waals surface area contributed by atoms with Crippen LogP contribution in [0.3, 0.4) is 0 Å². The minimum atomic E-state index is 0.541. The summed E-state index contributed by atoms with van der Waals surface area (Å²) in [4.78, 5) is 2.65. The third-order valence-electron chi connectivity index (χ3n) is 6.41. The van der Waals surface area contributed by atoms with Crippen LogP contribution >= 0.6 is 0 Å². The van der Waals surface area contributed by atoms with Crippen molar-refractivity contribution in [2.45, 2.75) is 57.0 Å². The van der Waals surface area contributed by atoms with Crippen LogP contribution < -0.4 is 0 Å². The predicted molar refractivity (Wildman–Crippen MR) is 101 cm³/mol. The molecule has 126 valence electrons. The van der Waals surface area contributed by atoms with Crippen molar-refractivity contribution in [2.24, 2.45) is 5.92 Å². The quantitative estimate of drug-likeness (QED) is 0.730. The van der Waals surface area contributed by atoms with Crippen LogP contribution in [0.5, 0.6) is 0 Å². The summed E-state index contributed by atoms with van der Waals surface area (Å²) in [5.41, 5.74) is 4.35. The number of benzene rings is 2. The number of hydrogen-bond donors (Lipinski definition) is 0. The SMILES string of the molecule is Cc1cccc(C(CC2C[C@H]3CC[C@@H](C2)N3C)c2ccccc2)c1. The van der Waals surface area contributed by atoms with Crippen molar-refractivity contribution < 1.29 is 0 Å². The molecule has 0 spiro atoms. The second-order valence-corrected chi connectivity index (χ2v) is 8.00. The lowest BCUT2D eigenvalue weighted by Gasteiger charge is -2.38. The molecule has 2 bridgehead atoms. The normalized spacial score (nSPS) is 28.0. The van der Waals surface area contributed by atoms with Crippen molar-refractivity contribution >= 4 is 0 Å². The number of fused-ring (bicyclic) bond motifs is 2. The molecular formula is C23H29N. The van der Waals surface area contributed by atoms with Gasteiger partial charge in [-0.15, -0.1) is 0 Å². The number of aryl methyl sites for hydroxylation is 1. The zero-order valence-corrected chi connectivity index (χ0v) is 15.0. The van der Waals surface area contributed by atoms with Gasteiger partial charge in [0.05, 0.1) is 0 Å². The van der Waals surface area contributed by atoms with Gasteiger partial charge in [0.2, 0.25) is 0 Å². The summed E-state index contributed by atoms with van der Waals surface area (Å²) in [7, 11) is 2.34. The van der Waals surface area contributed by atoms with Crippen LogP contribution in [-0.4, -0.2) is 24.0 Å². The Morgan fingerprint density at radius 3 is 2.25 bits per heavy atom. The Bertz CT molecular complexity index is 663. The number of hydrogen-bond acceptors (Lipinski definition) is 1. The molecular weight excluding hydrogens is 290 g/mol. The molecule has 2 aromatic rings. The molecule has 2 aliphatic rings. The van der Waals surface area contributed by atoms with Crippen molar-refractivity contribution in [3.8, 4) is 0 Å². The fourth-order valence-corrected chi connectivity index (χ4v) is 5.09. The minimum absolute atomic E-state index is 0.541. The first kappa shape index (κ1) is 15.9. The number of nitrogens with zero attached hydrogens (tertiary/aromatic N) is 1. The fraction of sp³-hybridized carbons (Fsp3) is 0.478. The lowest BCUT2D eigenvalue weighted by atomic mass is 9.78. The summed E-state index contributed by atoms with van der Waals surface area (Å²) in [6.45, 7) is 2.21. The maximum absolute atomic E-state index is 2.65. The Balaban J connectivity index is 1.59. The van der Waals surface area contributed by atoms with Gasteiger partial charge in [0.1, 0.15) is 0 Å². The zero-order valence-electron chi connectivity index (χ0n) is 15.0. The van der Waals surface area contributed by atoms with Crippen LogP contribution in [0.1, 0.15) is 54.7 Å². The third-order valence-corrected chi connectivity index (χ3v) is 6.41. The molecule has 2 saturated heterocycles. The highest BCUT2D eigenvalue weighted by Gasteiger charge is 2.39. The molecule has 2 aliphatic heterocycles. The van der Waals surface area contributed by atoms with Gasteiger partial charge >= 0.3 is 0 Å². The van der Waals surface area contributed by atoms with Gasteiger partial charge in [0.25, 0.3) is 0 Å². The largest absolute Gasteiger partial charge is 0.300 e. The maximum Gasteiger partial charge on any atom is 0.00983 e. The lowest BCUT2D eigenvalue weighted by Crippen LogP contribution is -2.40. The molecule has 2 aromatic carbocycles. The summed E-state index contributed by atoms with van der Waals surface area (Å²) in [5, 5.41) is 0. The standard InChI is InChI=1S/C23H29N/c1-17-7-6-10-20(13-17)23(19-8-4-3-5-9-19)16-18-14-21-11-12-22(15-18)24(21)2/h3-10,13,18,21-23H,11-12,14-16H2,1-2H3/t18?,21-,22+,23?. The molecule has 0 radical (unpaired) electrons. The third kappa shape index (κ3) is 3.15. The van der Waals surface area contributed by atoms with Gasteiger partial charge in [-0.05, 0) is 63.1 Å². The van der Waals surface area contributed by atoms with Crippen molar-refractivity contribution in [1.82, 2.24) is 4.90 Å². The highest BCUT2D eigenvalue weighted by molar-refractivity contribution is 5.34. The highest BCUT2D eigenvalue weighted by Crippen LogP contribution is 2.42. The van der Waals surface area contributed by atoms with Gasteiger partial charge in [-0.3, -0.25) is 0 Å². The van der Waals surface area contributed by atoms with Gasteiger partial charge in [-0.2, -0.15) is 0 Å². The van der Waals surface area contributed by atoms with Crippen molar-refractivity contribution in [3.05, 3.63) is 71.3 Å². The first-order valence-electron chi connectivity index (χ1n) is 9.54. The van der Waals surface area contributed by atoms with E-state index >= 15 is 0 Å². The number of rotatable bonds is 4. The molecule has 2 fully saturated rings. The molecule has 0 aromatic heterocycles. The molecule has 0 aliphatic carbocycles. The molecule has 0 N–H and O–H groups in total. The first-order valence-corrected chi connectivity index (χ1v) is 9.54. The molecule has 4 rings (SSSR count). The second-order valence-electron chi connectivity index (χ2n) is 8.00. The summed E-state index contributed by atoms with van der Waals surface area (Å²) in [6, 6.07) is 22.0. The van der Waals surface area contributed by atoms with Crippen LogP contribution in [0, 0.1) is 12.8 Å². The molecule has 1 heteroatoms. The Labute approximate surface area is 146 Å². The fourth-order valence-electron chi connectivity index (χ4n) is 5.09. The average Bonchev–Trinajstić information content (AvgIpc) is 2.82. The maximum atomic E-state index is 2.65. The van der Waals surface area contributed by atoms with Crippen LogP contribution in [-0.2, 0) is 0 Å². The van der Waals surface area contributed by atoms with Gasteiger partial charge < -0.3 is 4.90 Å². The second kappa shape index (κ2) is 6.72. The van der Waals surface area contributed by atoms with E-state index in [9.17, 15) is 0 Å². The molecule has 0 saturated carbocycles. The van der Waals surface area contributed by atoms with Gasteiger partial charge in [0.15, 0.2) is 0 Å². The van der Waals surface area contributed by atoms with E-state index in [2.05, 4.69) is 73.5 Å². The lowest BCUT2D eigenvalue weighted by molar-refractivity contribution is 0.127. The summed E-state index contributed by atoms with van der Waals surface area (Å²) in [5.74, 6) is 1.41. The van der Waals surface area contributed by atoms with Gasteiger partial charge in [-0.1, -0.05) is 60.2 Å². The van der Waals surface area contributed by atoms with Crippen LogP contribution in [0.4, 0.5) is 0 Å². The smallest absolute Gasteiger partial charge is 0.00983 e. The zero-order chi connectivity index (χ0) is 16.5. The van der Waals surface area contributed by atoms with E-state index in [1.165, 1.54) is 48.8 Å². The van der Waals surface area contributed by atoms with Gasteiger partial charge in [-0.25, -0.2) is 0 Å².